The van der Waals surface area contributed by atoms with Crippen LogP contribution in [0.1, 0.15) is 51.0 Å². The highest BCUT2D eigenvalue weighted by atomic mass is 16.6. The van der Waals surface area contributed by atoms with Crippen molar-refractivity contribution in [3.05, 3.63) is 42.0 Å². The summed E-state index contributed by atoms with van der Waals surface area (Å²) in [6, 6.07) is 6.83. The number of esters is 4. The lowest BCUT2D eigenvalue weighted by Gasteiger charge is -2.24. The van der Waals surface area contributed by atoms with E-state index in [0.29, 0.717) is 37.9 Å². The van der Waals surface area contributed by atoms with Crippen molar-refractivity contribution in [2.24, 2.45) is 11.8 Å². The number of rotatable bonds is 13. The van der Waals surface area contributed by atoms with Crippen LogP contribution in [0.15, 0.2) is 36.4 Å². The quantitative estimate of drug-likeness (QED) is 0.140. The number of hydrogen-bond donors (Lipinski definition) is 1. The van der Waals surface area contributed by atoms with Gasteiger partial charge in [0.05, 0.1) is 31.3 Å². The van der Waals surface area contributed by atoms with E-state index in [1.54, 1.807) is 24.3 Å². The van der Waals surface area contributed by atoms with Gasteiger partial charge in [-0.3, -0.25) is 19.2 Å². The highest BCUT2D eigenvalue weighted by molar-refractivity contribution is 5.86. The molecule has 1 fully saturated rings. The van der Waals surface area contributed by atoms with Gasteiger partial charge < -0.3 is 24.1 Å². The van der Waals surface area contributed by atoms with E-state index >= 15 is 0 Å². The summed E-state index contributed by atoms with van der Waals surface area (Å²) in [5.41, 5.74) is 1.12. The number of hydrogen-bond acceptors (Lipinski definition) is 9. The average Bonchev–Trinajstić information content (AvgIpc) is 2.86. The molecular weight excluding hydrogens is 472 g/mol. The van der Waals surface area contributed by atoms with Gasteiger partial charge in [0.1, 0.15) is 19.0 Å². The molecule has 10 heteroatoms. The molecule has 0 aliphatic heterocycles. The lowest BCUT2D eigenvalue weighted by Crippen LogP contribution is -2.28. The summed E-state index contributed by atoms with van der Waals surface area (Å²) in [5, 5.41) is 9.05. The highest BCUT2D eigenvalue weighted by Crippen LogP contribution is 2.30. The summed E-state index contributed by atoms with van der Waals surface area (Å²) in [5.74, 6) is -3.16. The maximum Gasteiger partial charge on any atom is 0.333 e. The zero-order chi connectivity index (χ0) is 26.5. The van der Waals surface area contributed by atoms with Gasteiger partial charge in [0, 0.05) is 12.0 Å². The molecule has 1 N–H and O–H groups in total. The Hall–Kier alpha value is -3.69. The molecule has 0 radical (unpaired) electrons. The van der Waals surface area contributed by atoms with Gasteiger partial charge >= 0.3 is 29.8 Å². The van der Waals surface area contributed by atoms with Crippen LogP contribution in [0, 0.1) is 11.8 Å². The Kier molecular flexibility index (Phi) is 11.6. The van der Waals surface area contributed by atoms with Crippen LogP contribution < -0.4 is 4.74 Å². The lowest BCUT2D eigenvalue weighted by molar-refractivity contribution is -0.153. The van der Waals surface area contributed by atoms with E-state index in [9.17, 15) is 24.0 Å². The van der Waals surface area contributed by atoms with Gasteiger partial charge in [0.25, 0.3) is 0 Å². The molecule has 1 aliphatic rings. The fourth-order valence-electron chi connectivity index (χ4n) is 3.54. The second-order valence-corrected chi connectivity index (χ2v) is 8.56. The summed E-state index contributed by atoms with van der Waals surface area (Å²) in [7, 11) is 0. The minimum absolute atomic E-state index is 0.0896. The summed E-state index contributed by atoms with van der Waals surface area (Å²) in [6.07, 6.45) is 2.11. The fourth-order valence-corrected chi connectivity index (χ4v) is 3.54. The molecule has 0 amide bonds. The van der Waals surface area contributed by atoms with E-state index in [2.05, 4.69) is 6.58 Å². The largest absolute Gasteiger partial charge is 0.481 e. The van der Waals surface area contributed by atoms with Crippen molar-refractivity contribution in [1.29, 1.82) is 0 Å². The number of carboxylic acid groups (broad SMARTS) is 1. The third-order valence-electron chi connectivity index (χ3n) is 5.67. The number of ether oxygens (including phenoxy) is 4. The van der Waals surface area contributed by atoms with Crippen LogP contribution in [0.3, 0.4) is 0 Å². The molecule has 0 saturated heterocycles. The lowest BCUT2D eigenvalue weighted by atomic mass is 9.82. The van der Waals surface area contributed by atoms with Crippen molar-refractivity contribution in [3.8, 4) is 5.75 Å². The normalized spacial score (nSPS) is 16.9. The zero-order valence-corrected chi connectivity index (χ0v) is 20.4. The number of carbonyl (C=O) groups is 5. The molecule has 0 atom stereocenters. The number of carboxylic acids is 1. The summed E-state index contributed by atoms with van der Waals surface area (Å²) in [4.78, 5) is 58.0. The van der Waals surface area contributed by atoms with Gasteiger partial charge in [0.2, 0.25) is 0 Å². The first-order valence-electron chi connectivity index (χ1n) is 11.8. The van der Waals surface area contributed by atoms with E-state index in [1.807, 2.05) is 0 Å². The molecule has 196 valence electrons. The third-order valence-corrected chi connectivity index (χ3v) is 5.67. The van der Waals surface area contributed by atoms with Crippen LogP contribution in [-0.4, -0.2) is 54.8 Å². The second-order valence-electron chi connectivity index (χ2n) is 8.56. The Labute approximate surface area is 209 Å². The summed E-state index contributed by atoms with van der Waals surface area (Å²) >= 11 is 0. The molecule has 1 aromatic carbocycles. The molecular formula is C26H32O10. The van der Waals surface area contributed by atoms with Crippen LogP contribution in [0.4, 0.5) is 0 Å². The molecule has 0 heterocycles. The predicted octanol–water partition coefficient (Wildman–Crippen LogP) is 3.01. The molecule has 0 unspecified atom stereocenters. The molecule has 0 bridgehead atoms. The Balaban J connectivity index is 1.59. The SMILES string of the molecule is C=C(C)C(=O)OCCOC(=O)CCC(=O)OCCc1ccc(OC(=O)C2CCC(C(=O)O)CC2)cc1. The molecule has 10 nitrogen and oxygen atoms in total. The van der Waals surface area contributed by atoms with Crippen molar-refractivity contribution < 1.29 is 48.0 Å². The summed E-state index contributed by atoms with van der Waals surface area (Å²) in [6.45, 7) is 4.86. The van der Waals surface area contributed by atoms with Gasteiger partial charge in [-0.05, 0) is 50.3 Å². The van der Waals surface area contributed by atoms with Crippen molar-refractivity contribution in [2.75, 3.05) is 19.8 Å². The van der Waals surface area contributed by atoms with Crippen molar-refractivity contribution in [1.82, 2.24) is 0 Å². The number of carbonyl (C=O) groups excluding carboxylic acids is 4. The maximum atomic E-state index is 12.3. The van der Waals surface area contributed by atoms with Crippen molar-refractivity contribution in [3.63, 3.8) is 0 Å². The van der Waals surface area contributed by atoms with Crippen LogP contribution in [-0.2, 0) is 44.6 Å². The first-order chi connectivity index (χ1) is 17.2. The number of benzene rings is 1. The van der Waals surface area contributed by atoms with Gasteiger partial charge in [-0.25, -0.2) is 4.79 Å². The van der Waals surface area contributed by atoms with Gasteiger partial charge in [-0.15, -0.1) is 0 Å². The van der Waals surface area contributed by atoms with Crippen LogP contribution >= 0.6 is 0 Å². The minimum atomic E-state index is -0.818. The third kappa shape index (κ3) is 10.3. The molecule has 1 saturated carbocycles. The van der Waals surface area contributed by atoms with Crippen molar-refractivity contribution >= 4 is 29.8 Å². The van der Waals surface area contributed by atoms with Gasteiger partial charge in [0.15, 0.2) is 0 Å². The highest BCUT2D eigenvalue weighted by Gasteiger charge is 2.30. The molecule has 1 aromatic rings. The van der Waals surface area contributed by atoms with E-state index in [1.165, 1.54) is 6.92 Å². The summed E-state index contributed by atoms with van der Waals surface area (Å²) < 4.78 is 20.2. The molecule has 1 aliphatic carbocycles. The van der Waals surface area contributed by atoms with Crippen LogP contribution in [0.2, 0.25) is 0 Å². The van der Waals surface area contributed by atoms with Crippen LogP contribution in [0.25, 0.3) is 0 Å². The standard InChI is InChI=1S/C26H32O10/c1-17(2)25(31)35-16-15-34-23(28)12-11-22(27)33-14-13-18-3-9-21(10-4-18)36-26(32)20-7-5-19(6-8-20)24(29)30/h3-4,9-10,19-20H,1,5-8,11-16H2,2H3,(H,29,30). The Morgan fingerprint density at radius 3 is 1.92 bits per heavy atom. The first kappa shape index (κ1) is 28.5. The molecule has 0 aromatic heterocycles. The number of aliphatic carboxylic acids is 1. The Bertz CT molecular complexity index is 942. The molecule has 36 heavy (non-hydrogen) atoms. The monoisotopic (exact) mass is 504 g/mol. The Morgan fingerprint density at radius 1 is 0.833 bits per heavy atom. The average molecular weight is 505 g/mol. The molecule has 2 rings (SSSR count). The van der Waals surface area contributed by atoms with E-state index in [-0.39, 0.29) is 56.0 Å². The van der Waals surface area contributed by atoms with E-state index < -0.39 is 23.9 Å². The fraction of sp³-hybridized carbons (Fsp3) is 0.500. The smallest absolute Gasteiger partial charge is 0.333 e. The van der Waals surface area contributed by atoms with E-state index in [4.69, 9.17) is 24.1 Å². The zero-order valence-electron chi connectivity index (χ0n) is 20.4. The first-order valence-corrected chi connectivity index (χ1v) is 11.8. The van der Waals surface area contributed by atoms with Gasteiger partial charge in [-0.1, -0.05) is 18.7 Å². The Morgan fingerprint density at radius 2 is 1.36 bits per heavy atom. The maximum absolute atomic E-state index is 12.3. The van der Waals surface area contributed by atoms with Crippen LogP contribution in [0.5, 0.6) is 5.75 Å². The minimum Gasteiger partial charge on any atom is -0.481 e. The second kappa shape index (κ2) is 14.7. The predicted molar refractivity (Wildman–Crippen MR) is 126 cm³/mol. The van der Waals surface area contributed by atoms with Gasteiger partial charge in [-0.2, -0.15) is 0 Å². The molecule has 0 spiro atoms. The topological polar surface area (TPSA) is 142 Å². The van der Waals surface area contributed by atoms with Crippen molar-refractivity contribution in [2.45, 2.75) is 51.9 Å². The van der Waals surface area contributed by atoms with E-state index in [0.717, 1.165) is 5.56 Å².